The predicted molar refractivity (Wildman–Crippen MR) is 76.7 cm³/mol. The van der Waals surface area contributed by atoms with Crippen molar-refractivity contribution in [2.45, 2.75) is 6.29 Å². The van der Waals surface area contributed by atoms with Gasteiger partial charge in [0.25, 0.3) is 5.91 Å². The van der Waals surface area contributed by atoms with E-state index >= 15 is 0 Å². The van der Waals surface area contributed by atoms with E-state index in [1.54, 1.807) is 19.2 Å². The summed E-state index contributed by atoms with van der Waals surface area (Å²) in [4.78, 5) is 12.2. The van der Waals surface area contributed by atoms with Crippen LogP contribution in [0, 0.1) is 0 Å². The van der Waals surface area contributed by atoms with Crippen LogP contribution in [0.25, 0.3) is 0 Å². The van der Waals surface area contributed by atoms with Gasteiger partial charge in [0.1, 0.15) is 5.69 Å². The number of nitrogens with two attached hydrogens (primary N) is 1. The Hall–Kier alpha value is -2.38. The molecular weight excluding hydrogens is 272 g/mol. The molecule has 0 radical (unpaired) electrons. The van der Waals surface area contributed by atoms with Crippen LogP contribution in [0.15, 0.2) is 30.5 Å². The molecule has 7 heteroatoms. The van der Waals surface area contributed by atoms with E-state index in [4.69, 9.17) is 15.2 Å². The second-order valence-electron chi connectivity index (χ2n) is 4.72. The van der Waals surface area contributed by atoms with Crippen LogP contribution in [-0.4, -0.2) is 28.9 Å². The lowest BCUT2D eigenvalue weighted by molar-refractivity contribution is -0.0441. The van der Waals surface area contributed by atoms with Gasteiger partial charge in [0.05, 0.1) is 25.1 Å². The van der Waals surface area contributed by atoms with Gasteiger partial charge in [0.15, 0.2) is 6.29 Å². The number of amides is 1. The quantitative estimate of drug-likeness (QED) is 0.888. The molecule has 3 rings (SSSR count). The Morgan fingerprint density at radius 2 is 2.00 bits per heavy atom. The molecule has 0 saturated carbocycles. The van der Waals surface area contributed by atoms with Crippen LogP contribution in [0.3, 0.4) is 0 Å². The first kappa shape index (κ1) is 13.6. The van der Waals surface area contributed by atoms with Gasteiger partial charge >= 0.3 is 0 Å². The SMILES string of the molecule is Cn1ncc(N)c1C(=O)Nc1ccc(C2OCCO2)cc1. The standard InChI is InChI=1S/C14H16N4O3/c1-18-12(11(15)8-16-18)13(19)17-10-4-2-9(3-5-10)14-20-6-7-21-14/h2-5,8,14H,6-7,15H2,1H3,(H,17,19). The normalized spacial score (nSPS) is 15.3. The fourth-order valence-corrected chi connectivity index (χ4v) is 2.20. The summed E-state index contributed by atoms with van der Waals surface area (Å²) in [5.74, 6) is -0.298. The van der Waals surface area contributed by atoms with Crippen molar-refractivity contribution in [3.8, 4) is 0 Å². The van der Waals surface area contributed by atoms with Gasteiger partial charge in [0.2, 0.25) is 0 Å². The molecule has 1 aliphatic rings. The molecule has 0 spiro atoms. The number of aromatic nitrogens is 2. The average Bonchev–Trinajstić information content (AvgIpc) is 3.10. The van der Waals surface area contributed by atoms with Crippen molar-refractivity contribution in [2.75, 3.05) is 24.3 Å². The number of aryl methyl sites for hydroxylation is 1. The van der Waals surface area contributed by atoms with Crippen molar-refractivity contribution in [2.24, 2.45) is 7.05 Å². The highest BCUT2D eigenvalue weighted by Crippen LogP contribution is 2.24. The third-order valence-electron chi connectivity index (χ3n) is 3.24. The first-order valence-electron chi connectivity index (χ1n) is 6.57. The third-order valence-corrected chi connectivity index (χ3v) is 3.24. The van der Waals surface area contributed by atoms with Crippen molar-refractivity contribution in [1.82, 2.24) is 9.78 Å². The summed E-state index contributed by atoms with van der Waals surface area (Å²) in [6.45, 7) is 1.20. The molecule has 2 heterocycles. The molecule has 0 atom stereocenters. The van der Waals surface area contributed by atoms with Crippen molar-refractivity contribution >= 4 is 17.3 Å². The second kappa shape index (κ2) is 5.55. The summed E-state index contributed by atoms with van der Waals surface area (Å²) in [6.07, 6.45) is 1.13. The van der Waals surface area contributed by atoms with Crippen LogP contribution in [0.5, 0.6) is 0 Å². The van der Waals surface area contributed by atoms with Crippen LogP contribution < -0.4 is 11.1 Å². The maximum Gasteiger partial charge on any atom is 0.276 e. The highest BCUT2D eigenvalue weighted by atomic mass is 16.7. The Morgan fingerprint density at radius 1 is 1.33 bits per heavy atom. The van der Waals surface area contributed by atoms with Gasteiger partial charge in [-0.25, -0.2) is 0 Å². The number of nitrogens with one attached hydrogen (secondary N) is 1. The number of benzene rings is 1. The number of nitrogen functional groups attached to an aromatic ring is 1. The Labute approximate surface area is 121 Å². The Bertz CT molecular complexity index is 625. The zero-order chi connectivity index (χ0) is 14.8. The number of ether oxygens (including phenoxy) is 2. The molecule has 1 amide bonds. The number of hydrogen-bond donors (Lipinski definition) is 2. The fraction of sp³-hybridized carbons (Fsp3) is 0.286. The largest absolute Gasteiger partial charge is 0.396 e. The monoisotopic (exact) mass is 288 g/mol. The molecule has 0 bridgehead atoms. The molecule has 1 aromatic carbocycles. The topological polar surface area (TPSA) is 91.4 Å². The van der Waals surface area contributed by atoms with E-state index in [1.807, 2.05) is 12.1 Å². The highest BCUT2D eigenvalue weighted by Gasteiger charge is 2.18. The Kier molecular flexibility index (Phi) is 3.59. The molecule has 0 aliphatic carbocycles. The lowest BCUT2D eigenvalue weighted by Crippen LogP contribution is -2.17. The minimum absolute atomic E-state index is 0.298. The van der Waals surface area contributed by atoms with Crippen LogP contribution in [0.4, 0.5) is 11.4 Å². The van der Waals surface area contributed by atoms with E-state index in [0.29, 0.717) is 30.3 Å². The molecule has 1 aromatic heterocycles. The Balaban J connectivity index is 1.72. The van der Waals surface area contributed by atoms with Crippen molar-refractivity contribution in [1.29, 1.82) is 0 Å². The van der Waals surface area contributed by atoms with Crippen molar-refractivity contribution in [3.05, 3.63) is 41.7 Å². The molecule has 7 nitrogen and oxygen atoms in total. The fourth-order valence-electron chi connectivity index (χ4n) is 2.20. The smallest absolute Gasteiger partial charge is 0.276 e. The number of carbonyl (C=O) groups is 1. The van der Waals surface area contributed by atoms with Gasteiger partial charge in [-0.15, -0.1) is 0 Å². The molecule has 110 valence electrons. The van der Waals surface area contributed by atoms with E-state index in [1.165, 1.54) is 10.9 Å². The van der Waals surface area contributed by atoms with Gasteiger partial charge in [-0.05, 0) is 12.1 Å². The van der Waals surface area contributed by atoms with Crippen LogP contribution in [0.2, 0.25) is 0 Å². The molecule has 1 saturated heterocycles. The van der Waals surface area contributed by atoms with Crippen LogP contribution >= 0.6 is 0 Å². The van der Waals surface area contributed by atoms with E-state index < -0.39 is 0 Å². The molecule has 2 aromatic rings. The van der Waals surface area contributed by atoms with Gasteiger partial charge < -0.3 is 20.5 Å². The maximum absolute atomic E-state index is 12.2. The van der Waals surface area contributed by atoms with Gasteiger partial charge in [0, 0.05) is 18.3 Å². The van der Waals surface area contributed by atoms with E-state index in [0.717, 1.165) is 5.56 Å². The van der Waals surface area contributed by atoms with Crippen LogP contribution in [-0.2, 0) is 16.5 Å². The van der Waals surface area contributed by atoms with Crippen molar-refractivity contribution in [3.63, 3.8) is 0 Å². The molecule has 1 aliphatic heterocycles. The lowest BCUT2D eigenvalue weighted by Gasteiger charge is -2.11. The number of rotatable bonds is 3. The first-order chi connectivity index (χ1) is 10.1. The first-order valence-corrected chi connectivity index (χ1v) is 6.57. The number of nitrogens with zero attached hydrogens (tertiary/aromatic N) is 2. The van der Waals surface area contributed by atoms with Gasteiger partial charge in [-0.2, -0.15) is 5.10 Å². The lowest BCUT2D eigenvalue weighted by atomic mass is 10.2. The minimum Gasteiger partial charge on any atom is -0.396 e. The summed E-state index contributed by atoms with van der Waals surface area (Å²) in [5, 5.41) is 6.73. The number of hydrogen-bond acceptors (Lipinski definition) is 5. The second-order valence-corrected chi connectivity index (χ2v) is 4.72. The van der Waals surface area contributed by atoms with Crippen molar-refractivity contribution < 1.29 is 14.3 Å². The van der Waals surface area contributed by atoms with E-state index in [-0.39, 0.29) is 12.2 Å². The summed E-state index contributed by atoms with van der Waals surface area (Å²) in [6, 6.07) is 7.31. The molecule has 3 N–H and O–H groups in total. The van der Waals surface area contributed by atoms with E-state index in [9.17, 15) is 4.79 Å². The minimum atomic E-state index is -0.317. The third kappa shape index (κ3) is 2.74. The number of carbonyl (C=O) groups excluding carboxylic acids is 1. The Morgan fingerprint density at radius 3 is 2.57 bits per heavy atom. The summed E-state index contributed by atoms with van der Waals surface area (Å²) < 4.78 is 12.3. The number of anilines is 2. The van der Waals surface area contributed by atoms with Crippen LogP contribution in [0.1, 0.15) is 22.3 Å². The molecule has 0 unspecified atom stereocenters. The summed E-state index contributed by atoms with van der Waals surface area (Å²) in [5.41, 5.74) is 8.00. The zero-order valence-electron chi connectivity index (χ0n) is 11.6. The highest BCUT2D eigenvalue weighted by molar-refractivity contribution is 6.06. The van der Waals surface area contributed by atoms with Gasteiger partial charge in [-0.3, -0.25) is 9.48 Å². The van der Waals surface area contributed by atoms with Gasteiger partial charge in [-0.1, -0.05) is 12.1 Å². The van der Waals surface area contributed by atoms with E-state index in [2.05, 4.69) is 10.4 Å². The zero-order valence-corrected chi connectivity index (χ0v) is 11.6. The molecular formula is C14H16N4O3. The maximum atomic E-state index is 12.2. The summed E-state index contributed by atoms with van der Waals surface area (Å²) in [7, 11) is 1.67. The average molecular weight is 288 g/mol. The molecule has 1 fully saturated rings. The molecule has 21 heavy (non-hydrogen) atoms. The predicted octanol–water partition coefficient (Wildman–Crippen LogP) is 1.30. The summed E-state index contributed by atoms with van der Waals surface area (Å²) >= 11 is 0.